The van der Waals surface area contributed by atoms with Crippen LogP contribution in [0.1, 0.15) is 27.2 Å². The summed E-state index contributed by atoms with van der Waals surface area (Å²) >= 11 is 1.59. The van der Waals surface area contributed by atoms with Crippen molar-refractivity contribution in [3.8, 4) is 0 Å². The highest BCUT2D eigenvalue weighted by Crippen LogP contribution is 2.03. The lowest BCUT2D eigenvalue weighted by Crippen LogP contribution is -2.49. The predicted octanol–water partition coefficient (Wildman–Crippen LogP) is 0.572. The minimum absolute atomic E-state index is 0.00501. The molecule has 2 N–H and O–H groups in total. The van der Waals surface area contributed by atoms with Gasteiger partial charge in [0, 0.05) is 6.04 Å². The molecule has 0 aliphatic heterocycles. The summed E-state index contributed by atoms with van der Waals surface area (Å²) in [5, 5.41) is 2.72. The van der Waals surface area contributed by atoms with Crippen LogP contribution in [0.2, 0.25) is 0 Å². The molecular weight excluding hydrogens is 260 g/mol. The van der Waals surface area contributed by atoms with Crippen molar-refractivity contribution in [3.05, 3.63) is 0 Å². The maximum absolute atomic E-state index is 11.8. The average molecular weight is 282 g/mol. The Balaban J connectivity index is 4.58. The van der Waals surface area contributed by atoms with Gasteiger partial charge in [0.05, 0.1) is 5.75 Å². The minimum atomic E-state index is -3.35. The lowest BCUT2D eigenvalue weighted by atomic mass is 10.2. The molecule has 5 nitrogen and oxygen atoms in total. The van der Waals surface area contributed by atoms with Crippen molar-refractivity contribution in [2.24, 2.45) is 0 Å². The third-order valence-corrected chi connectivity index (χ3v) is 4.11. The van der Waals surface area contributed by atoms with Crippen LogP contribution in [-0.2, 0) is 14.8 Å². The molecule has 0 heterocycles. The zero-order chi connectivity index (χ0) is 13.5. The first-order chi connectivity index (χ1) is 7.82. The highest BCUT2D eigenvalue weighted by Gasteiger charge is 2.23. The third-order valence-electron chi connectivity index (χ3n) is 2.06. The van der Waals surface area contributed by atoms with Crippen molar-refractivity contribution in [1.29, 1.82) is 0 Å². The van der Waals surface area contributed by atoms with Crippen LogP contribution in [0.5, 0.6) is 0 Å². The van der Waals surface area contributed by atoms with Gasteiger partial charge in [-0.1, -0.05) is 0 Å². The van der Waals surface area contributed by atoms with Crippen molar-refractivity contribution in [3.63, 3.8) is 0 Å². The number of hydrogen-bond acceptors (Lipinski definition) is 4. The zero-order valence-corrected chi connectivity index (χ0v) is 12.5. The van der Waals surface area contributed by atoms with Crippen LogP contribution in [0.4, 0.5) is 0 Å². The Morgan fingerprint density at radius 1 is 1.35 bits per heavy atom. The van der Waals surface area contributed by atoms with E-state index < -0.39 is 16.1 Å². The molecule has 0 saturated carbocycles. The number of nitrogens with one attached hydrogen (secondary N) is 2. The van der Waals surface area contributed by atoms with E-state index in [1.807, 2.05) is 20.1 Å². The van der Waals surface area contributed by atoms with Crippen LogP contribution in [0, 0.1) is 0 Å². The molecule has 0 aliphatic rings. The molecule has 0 spiro atoms. The number of hydrogen-bond donors (Lipinski definition) is 2. The highest BCUT2D eigenvalue weighted by atomic mass is 32.2. The van der Waals surface area contributed by atoms with E-state index in [0.717, 1.165) is 5.75 Å². The van der Waals surface area contributed by atoms with Crippen molar-refractivity contribution < 1.29 is 13.2 Å². The Morgan fingerprint density at radius 2 is 1.94 bits per heavy atom. The van der Waals surface area contributed by atoms with E-state index in [0.29, 0.717) is 6.42 Å². The van der Waals surface area contributed by atoms with E-state index in [1.54, 1.807) is 18.7 Å². The number of thioether (sulfide) groups is 1. The summed E-state index contributed by atoms with van der Waals surface area (Å²) in [6, 6.07) is -0.666. The topological polar surface area (TPSA) is 75.3 Å². The molecule has 0 rings (SSSR count). The van der Waals surface area contributed by atoms with Gasteiger partial charge in [-0.25, -0.2) is 13.1 Å². The Morgan fingerprint density at radius 3 is 2.35 bits per heavy atom. The van der Waals surface area contributed by atoms with Crippen LogP contribution in [0.15, 0.2) is 0 Å². The summed E-state index contributed by atoms with van der Waals surface area (Å²) in [7, 11) is -3.35. The van der Waals surface area contributed by atoms with Crippen LogP contribution >= 0.6 is 11.8 Å². The Hall–Kier alpha value is -0.270. The molecule has 0 saturated heterocycles. The molecule has 1 unspecified atom stereocenters. The molecule has 0 bridgehead atoms. The number of carbonyl (C=O) groups excluding carboxylic acids is 1. The fraction of sp³-hybridized carbons (Fsp3) is 0.900. The Kier molecular flexibility index (Phi) is 7.82. The molecule has 0 aromatic carbocycles. The Labute approximate surface area is 108 Å². The van der Waals surface area contributed by atoms with Crippen LogP contribution < -0.4 is 10.0 Å². The lowest BCUT2D eigenvalue weighted by Gasteiger charge is -2.19. The first-order valence-corrected chi connectivity index (χ1v) is 8.66. The number of sulfonamides is 1. The standard InChI is InChI=1S/C10H22N2O3S2/c1-5-17(14,15)12-9(6-7-16-4)10(13)11-8(2)3/h8-9,12H,5-7H2,1-4H3,(H,11,13). The van der Waals surface area contributed by atoms with Gasteiger partial charge in [0.15, 0.2) is 0 Å². The summed E-state index contributed by atoms with van der Waals surface area (Å²) in [6.07, 6.45) is 2.42. The number of amides is 1. The minimum Gasteiger partial charge on any atom is -0.353 e. The van der Waals surface area contributed by atoms with Gasteiger partial charge < -0.3 is 5.32 Å². The molecule has 0 aliphatic carbocycles. The van der Waals surface area contributed by atoms with E-state index in [1.165, 1.54) is 0 Å². The van der Waals surface area contributed by atoms with E-state index in [-0.39, 0.29) is 17.7 Å². The quantitative estimate of drug-likeness (QED) is 0.682. The van der Waals surface area contributed by atoms with E-state index in [4.69, 9.17) is 0 Å². The molecule has 7 heteroatoms. The van der Waals surface area contributed by atoms with Crippen molar-refractivity contribution in [2.75, 3.05) is 17.8 Å². The number of carbonyl (C=O) groups is 1. The molecule has 0 aromatic heterocycles. The fourth-order valence-corrected chi connectivity index (χ4v) is 2.46. The summed E-state index contributed by atoms with van der Waals surface area (Å²) in [5.41, 5.74) is 0. The van der Waals surface area contributed by atoms with Crippen molar-refractivity contribution in [1.82, 2.24) is 10.0 Å². The van der Waals surface area contributed by atoms with Gasteiger partial charge in [0.25, 0.3) is 0 Å². The van der Waals surface area contributed by atoms with Gasteiger partial charge in [-0.3, -0.25) is 4.79 Å². The molecule has 1 atom stereocenters. The summed E-state index contributed by atoms with van der Waals surface area (Å²) in [6.45, 7) is 5.24. The maximum Gasteiger partial charge on any atom is 0.238 e. The van der Waals surface area contributed by atoms with Gasteiger partial charge in [0.1, 0.15) is 6.04 Å². The number of rotatable bonds is 8. The van der Waals surface area contributed by atoms with Gasteiger partial charge >= 0.3 is 0 Å². The first-order valence-electron chi connectivity index (χ1n) is 5.61. The van der Waals surface area contributed by atoms with Gasteiger partial charge in [-0.15, -0.1) is 0 Å². The largest absolute Gasteiger partial charge is 0.353 e. The van der Waals surface area contributed by atoms with E-state index in [2.05, 4.69) is 10.0 Å². The summed E-state index contributed by atoms with van der Waals surface area (Å²) in [5.74, 6) is 0.464. The van der Waals surface area contributed by atoms with Gasteiger partial charge in [-0.2, -0.15) is 11.8 Å². The van der Waals surface area contributed by atoms with E-state index in [9.17, 15) is 13.2 Å². The predicted molar refractivity (Wildman–Crippen MR) is 72.7 cm³/mol. The second kappa shape index (κ2) is 7.94. The SMILES string of the molecule is CCS(=O)(=O)NC(CCSC)C(=O)NC(C)C. The van der Waals surface area contributed by atoms with Crippen LogP contribution in [0.3, 0.4) is 0 Å². The molecule has 0 fully saturated rings. The first kappa shape index (κ1) is 16.7. The highest BCUT2D eigenvalue weighted by molar-refractivity contribution is 7.98. The fourth-order valence-electron chi connectivity index (χ4n) is 1.16. The van der Waals surface area contributed by atoms with Crippen LogP contribution in [-0.4, -0.2) is 44.2 Å². The van der Waals surface area contributed by atoms with Gasteiger partial charge in [0.2, 0.25) is 15.9 Å². The lowest BCUT2D eigenvalue weighted by molar-refractivity contribution is -0.123. The van der Waals surface area contributed by atoms with Gasteiger partial charge in [-0.05, 0) is 39.2 Å². The monoisotopic (exact) mass is 282 g/mol. The maximum atomic E-state index is 11.8. The second-order valence-corrected chi connectivity index (χ2v) is 7.05. The zero-order valence-electron chi connectivity index (χ0n) is 10.8. The second-order valence-electron chi connectivity index (χ2n) is 4.02. The van der Waals surface area contributed by atoms with Crippen LogP contribution in [0.25, 0.3) is 0 Å². The molecule has 1 amide bonds. The molecule has 0 radical (unpaired) electrons. The smallest absolute Gasteiger partial charge is 0.238 e. The summed E-state index contributed by atoms with van der Waals surface area (Å²) < 4.78 is 25.4. The molecule has 102 valence electrons. The normalized spacial score (nSPS) is 13.7. The van der Waals surface area contributed by atoms with E-state index >= 15 is 0 Å². The average Bonchev–Trinajstić information content (AvgIpc) is 2.23. The van der Waals surface area contributed by atoms with Crippen molar-refractivity contribution >= 4 is 27.7 Å². The molecular formula is C10H22N2O3S2. The van der Waals surface area contributed by atoms with Crippen molar-refractivity contribution in [2.45, 2.75) is 39.3 Å². The summed E-state index contributed by atoms with van der Waals surface area (Å²) in [4.78, 5) is 11.8. The Bertz CT molecular complexity index is 328. The third kappa shape index (κ3) is 7.62. The molecule has 17 heavy (non-hydrogen) atoms. The molecule has 0 aromatic rings.